The summed E-state index contributed by atoms with van der Waals surface area (Å²) in [6.45, 7) is 3.88. The Morgan fingerprint density at radius 2 is 2.00 bits per heavy atom. The number of Topliss-reactive ketones (excluding diaryl/α,β-unsaturated/α-hetero) is 2. The quantitative estimate of drug-likeness (QED) is 0.589. The zero-order valence-electron chi connectivity index (χ0n) is 11.4. The summed E-state index contributed by atoms with van der Waals surface area (Å²) < 4.78 is 0. The van der Waals surface area contributed by atoms with Gasteiger partial charge in [-0.25, -0.2) is 0 Å². The van der Waals surface area contributed by atoms with E-state index in [0.29, 0.717) is 17.3 Å². The van der Waals surface area contributed by atoms with Crippen molar-refractivity contribution in [3.63, 3.8) is 0 Å². The summed E-state index contributed by atoms with van der Waals surface area (Å²) in [5.74, 6) is 0.276. The molecule has 106 valence electrons. The van der Waals surface area contributed by atoms with Crippen LogP contribution in [0.15, 0.2) is 11.6 Å². The third kappa shape index (κ3) is 2.27. The van der Waals surface area contributed by atoms with Gasteiger partial charge in [0.25, 0.3) is 0 Å². The molecule has 2 aliphatic carbocycles. The van der Waals surface area contributed by atoms with Crippen LogP contribution in [-0.2, 0) is 9.59 Å². The van der Waals surface area contributed by atoms with E-state index in [1.807, 2.05) is 19.9 Å². The van der Waals surface area contributed by atoms with E-state index < -0.39 is 5.41 Å². The van der Waals surface area contributed by atoms with Crippen LogP contribution in [-0.4, -0.2) is 23.3 Å². The zero-order chi connectivity index (χ0) is 14.2. The molecule has 0 amide bonds. The Morgan fingerprint density at radius 1 is 1.32 bits per heavy atom. The molecule has 0 heterocycles. The van der Waals surface area contributed by atoms with E-state index in [9.17, 15) is 9.59 Å². The molecule has 0 bridgehead atoms. The number of carbonyl (C=O) groups excluding carboxylic acids is 2. The lowest BCUT2D eigenvalue weighted by atomic mass is 9.56. The van der Waals surface area contributed by atoms with E-state index in [2.05, 4.69) is 0 Å². The minimum atomic E-state index is -0.411. The van der Waals surface area contributed by atoms with Crippen LogP contribution in [0.3, 0.4) is 0 Å². The van der Waals surface area contributed by atoms with Crippen molar-refractivity contribution in [3.05, 3.63) is 11.6 Å². The molecule has 2 aliphatic rings. The van der Waals surface area contributed by atoms with Crippen molar-refractivity contribution < 1.29 is 9.59 Å². The number of alkyl halides is 2. The Morgan fingerprint density at radius 3 is 2.53 bits per heavy atom. The molecule has 1 saturated carbocycles. The Labute approximate surface area is 124 Å². The van der Waals surface area contributed by atoms with Gasteiger partial charge in [-0.15, -0.1) is 23.2 Å². The molecule has 3 unspecified atom stereocenters. The van der Waals surface area contributed by atoms with Crippen LogP contribution in [0.5, 0.6) is 0 Å². The minimum absolute atomic E-state index is 0.0513. The first-order chi connectivity index (χ1) is 8.97. The molecule has 0 radical (unpaired) electrons. The van der Waals surface area contributed by atoms with Crippen LogP contribution in [0, 0.1) is 23.2 Å². The summed E-state index contributed by atoms with van der Waals surface area (Å²) in [5.41, 5.74) is 0.213. The van der Waals surface area contributed by atoms with Gasteiger partial charge in [0, 0.05) is 28.7 Å². The van der Waals surface area contributed by atoms with E-state index in [1.165, 1.54) is 0 Å². The predicted octanol–water partition coefficient (Wildman–Crippen LogP) is 3.60. The molecule has 0 saturated heterocycles. The lowest BCUT2D eigenvalue weighted by Crippen LogP contribution is -2.51. The van der Waals surface area contributed by atoms with Crippen molar-refractivity contribution in [2.45, 2.75) is 33.1 Å². The summed E-state index contributed by atoms with van der Waals surface area (Å²) >= 11 is 12.3. The highest BCUT2D eigenvalue weighted by Crippen LogP contribution is 2.51. The second-order valence-electron chi connectivity index (χ2n) is 6.03. The second-order valence-corrected chi connectivity index (χ2v) is 6.60. The van der Waals surface area contributed by atoms with Crippen molar-refractivity contribution in [2.75, 3.05) is 11.8 Å². The normalized spacial score (nSPS) is 35.3. The summed E-state index contributed by atoms with van der Waals surface area (Å²) in [6.07, 6.45) is 4.68. The highest BCUT2D eigenvalue weighted by atomic mass is 35.5. The fourth-order valence-electron chi connectivity index (χ4n) is 3.53. The first-order valence-corrected chi connectivity index (χ1v) is 7.98. The molecular formula is C15H20Cl2O2. The average Bonchev–Trinajstić information content (AvgIpc) is 2.41. The third-order valence-corrected chi connectivity index (χ3v) is 5.56. The van der Waals surface area contributed by atoms with E-state index in [0.717, 1.165) is 19.3 Å². The maximum Gasteiger partial charge on any atom is 0.224 e. The topological polar surface area (TPSA) is 34.1 Å². The molecule has 19 heavy (non-hydrogen) atoms. The first-order valence-electron chi connectivity index (χ1n) is 6.91. The predicted molar refractivity (Wildman–Crippen MR) is 77.6 cm³/mol. The maximum absolute atomic E-state index is 12.4. The van der Waals surface area contributed by atoms with Crippen molar-refractivity contribution in [3.8, 4) is 0 Å². The number of carbonyl (C=O) groups is 2. The maximum atomic E-state index is 12.4. The van der Waals surface area contributed by atoms with Crippen molar-refractivity contribution in [2.24, 2.45) is 23.2 Å². The fraction of sp³-hybridized carbons (Fsp3) is 0.733. The van der Waals surface area contributed by atoms with Crippen LogP contribution >= 0.6 is 23.2 Å². The van der Waals surface area contributed by atoms with Gasteiger partial charge in [0.2, 0.25) is 11.6 Å². The van der Waals surface area contributed by atoms with Gasteiger partial charge in [-0.05, 0) is 24.7 Å². The van der Waals surface area contributed by atoms with Gasteiger partial charge in [0.1, 0.15) is 0 Å². The van der Waals surface area contributed by atoms with Gasteiger partial charge in [-0.1, -0.05) is 26.3 Å². The number of hydrogen-bond donors (Lipinski definition) is 0. The van der Waals surface area contributed by atoms with E-state index >= 15 is 0 Å². The molecule has 0 spiro atoms. The van der Waals surface area contributed by atoms with Crippen LogP contribution in [0.1, 0.15) is 33.1 Å². The number of ketones is 2. The third-order valence-electron chi connectivity index (χ3n) is 4.72. The summed E-state index contributed by atoms with van der Waals surface area (Å²) in [4.78, 5) is 24.6. The largest absolute Gasteiger partial charge is 0.290 e. The lowest BCUT2D eigenvalue weighted by molar-refractivity contribution is -0.142. The van der Waals surface area contributed by atoms with Crippen LogP contribution < -0.4 is 0 Å². The second kappa shape index (κ2) is 5.57. The summed E-state index contributed by atoms with van der Waals surface area (Å²) in [7, 11) is 0. The van der Waals surface area contributed by atoms with Crippen molar-refractivity contribution in [1.82, 2.24) is 0 Å². The smallest absolute Gasteiger partial charge is 0.224 e. The molecule has 4 heteroatoms. The van der Waals surface area contributed by atoms with Gasteiger partial charge in [-0.3, -0.25) is 9.59 Å². The Balaban J connectivity index is 2.56. The molecular weight excluding hydrogens is 283 g/mol. The first kappa shape index (κ1) is 15.1. The average molecular weight is 303 g/mol. The number of rotatable bonds is 3. The number of hydrogen-bond acceptors (Lipinski definition) is 2. The SMILES string of the molecule is CC(C)C1=CC2(CCl)C(CCl)CCCC2C(=O)C1=O. The summed E-state index contributed by atoms with van der Waals surface area (Å²) in [6, 6.07) is 0. The molecule has 2 rings (SSSR count). The van der Waals surface area contributed by atoms with E-state index in [-0.39, 0.29) is 29.3 Å². The standard InChI is InChI=1S/C15H20Cl2O2/c1-9(2)11-6-15(8-17)10(7-16)4-3-5-12(15)14(19)13(11)18/h6,9-10,12H,3-5,7-8H2,1-2H3. The molecule has 0 aromatic rings. The molecule has 3 atom stereocenters. The molecule has 0 aliphatic heterocycles. The highest BCUT2D eigenvalue weighted by Gasteiger charge is 2.53. The van der Waals surface area contributed by atoms with Gasteiger partial charge < -0.3 is 0 Å². The molecule has 1 fully saturated rings. The fourth-order valence-corrected chi connectivity index (χ4v) is 4.45. The van der Waals surface area contributed by atoms with Crippen molar-refractivity contribution in [1.29, 1.82) is 0 Å². The lowest BCUT2D eigenvalue weighted by Gasteiger charge is -2.48. The number of allylic oxidation sites excluding steroid dienone is 2. The Hall–Kier alpha value is -0.340. The Bertz CT molecular complexity index is 428. The van der Waals surface area contributed by atoms with E-state index in [4.69, 9.17) is 23.2 Å². The number of fused-ring (bicyclic) bond motifs is 1. The van der Waals surface area contributed by atoms with Crippen LogP contribution in [0.2, 0.25) is 0 Å². The molecule has 0 aromatic carbocycles. The molecule has 0 N–H and O–H groups in total. The van der Waals surface area contributed by atoms with Crippen LogP contribution in [0.4, 0.5) is 0 Å². The van der Waals surface area contributed by atoms with Crippen LogP contribution in [0.25, 0.3) is 0 Å². The minimum Gasteiger partial charge on any atom is -0.290 e. The molecule has 0 aromatic heterocycles. The zero-order valence-corrected chi connectivity index (χ0v) is 12.9. The molecule has 2 nitrogen and oxygen atoms in total. The summed E-state index contributed by atoms with van der Waals surface area (Å²) in [5, 5.41) is 0. The highest BCUT2D eigenvalue weighted by molar-refractivity contribution is 6.45. The monoisotopic (exact) mass is 302 g/mol. The van der Waals surface area contributed by atoms with Crippen molar-refractivity contribution >= 4 is 34.8 Å². The van der Waals surface area contributed by atoms with E-state index in [1.54, 1.807) is 0 Å². The Kier molecular flexibility index (Phi) is 4.42. The van der Waals surface area contributed by atoms with Gasteiger partial charge >= 0.3 is 0 Å². The number of halogens is 2. The van der Waals surface area contributed by atoms with Gasteiger partial charge in [-0.2, -0.15) is 0 Å². The van der Waals surface area contributed by atoms with Gasteiger partial charge in [0.15, 0.2) is 0 Å². The van der Waals surface area contributed by atoms with Gasteiger partial charge in [0.05, 0.1) is 0 Å².